The molecule has 6 nitrogen and oxygen atoms in total. The normalized spacial score (nSPS) is 17.9. The zero-order valence-corrected chi connectivity index (χ0v) is 12.3. The smallest absolute Gasteiger partial charge is 0.294 e. The molecule has 0 radical (unpaired) electrons. The van der Waals surface area contributed by atoms with Gasteiger partial charge in [-0.05, 0) is 19.1 Å². The summed E-state index contributed by atoms with van der Waals surface area (Å²) >= 11 is 0. The van der Waals surface area contributed by atoms with Gasteiger partial charge in [0.15, 0.2) is 0 Å². The number of hydrogen-bond acceptors (Lipinski definition) is 4. The number of pyridine rings is 1. The van der Waals surface area contributed by atoms with E-state index in [0.717, 1.165) is 0 Å². The van der Waals surface area contributed by atoms with E-state index in [9.17, 15) is 14.4 Å². The van der Waals surface area contributed by atoms with Gasteiger partial charge in [0.1, 0.15) is 0 Å². The third-order valence-corrected chi connectivity index (χ3v) is 3.67. The Kier molecular flexibility index (Phi) is 4.67. The van der Waals surface area contributed by atoms with Crippen LogP contribution < -0.4 is 0 Å². The van der Waals surface area contributed by atoms with Crippen LogP contribution in [0.2, 0.25) is 0 Å². The monoisotopic (exact) mass is 289 g/mol. The molecule has 112 valence electrons. The second-order valence-electron chi connectivity index (χ2n) is 5.26. The zero-order valence-electron chi connectivity index (χ0n) is 12.3. The first-order chi connectivity index (χ1) is 10.0. The molecule has 6 heteroatoms. The minimum atomic E-state index is -0.567. The summed E-state index contributed by atoms with van der Waals surface area (Å²) in [4.78, 5) is 42.8. The number of aromatic nitrogens is 1. The Labute approximate surface area is 123 Å². The lowest BCUT2D eigenvalue weighted by atomic mass is 10.1. The topological polar surface area (TPSA) is 70.6 Å². The molecule has 1 aromatic rings. The number of rotatable bonds is 5. The maximum atomic E-state index is 12.1. The van der Waals surface area contributed by atoms with Gasteiger partial charge in [-0.25, -0.2) is 0 Å². The second kappa shape index (κ2) is 6.47. The predicted octanol–water partition coefficient (Wildman–Crippen LogP) is 0.591. The highest BCUT2D eigenvalue weighted by Gasteiger charge is 2.31. The van der Waals surface area contributed by atoms with Gasteiger partial charge in [0.2, 0.25) is 5.91 Å². The third-order valence-electron chi connectivity index (χ3n) is 3.67. The number of ketones is 1. The third kappa shape index (κ3) is 3.45. The Morgan fingerprint density at radius 3 is 2.81 bits per heavy atom. The van der Waals surface area contributed by atoms with Gasteiger partial charge in [0.05, 0.1) is 0 Å². The van der Waals surface area contributed by atoms with Crippen molar-refractivity contribution in [2.45, 2.75) is 13.3 Å². The average molecular weight is 289 g/mol. The zero-order chi connectivity index (χ0) is 15.4. The fourth-order valence-corrected chi connectivity index (χ4v) is 2.55. The molecule has 0 aromatic carbocycles. The molecule has 1 aliphatic heterocycles. The minimum absolute atomic E-state index is 0.0908. The number of Topliss-reactive ketones (excluding diaryl/α,β-unsaturated/α-hetero) is 1. The summed E-state index contributed by atoms with van der Waals surface area (Å²) in [6, 6.07) is 3.19. The van der Waals surface area contributed by atoms with Crippen molar-refractivity contribution in [2.75, 3.05) is 26.7 Å². The fraction of sp³-hybridized carbons (Fsp3) is 0.467. The molecular weight excluding hydrogens is 270 g/mol. The fourth-order valence-electron chi connectivity index (χ4n) is 2.55. The molecule has 1 atom stereocenters. The van der Waals surface area contributed by atoms with Crippen molar-refractivity contribution in [2.24, 2.45) is 5.92 Å². The van der Waals surface area contributed by atoms with Crippen LogP contribution in [0.15, 0.2) is 24.5 Å². The summed E-state index contributed by atoms with van der Waals surface area (Å²) in [5.41, 5.74) is 0.284. The highest BCUT2D eigenvalue weighted by atomic mass is 16.2. The van der Waals surface area contributed by atoms with E-state index < -0.39 is 11.7 Å². The number of hydrogen-bond donors (Lipinski definition) is 0. The lowest BCUT2D eigenvalue weighted by Gasteiger charge is -2.20. The van der Waals surface area contributed by atoms with Gasteiger partial charge in [-0.15, -0.1) is 0 Å². The molecule has 1 aliphatic rings. The van der Waals surface area contributed by atoms with E-state index >= 15 is 0 Å². The highest BCUT2D eigenvalue weighted by molar-refractivity contribution is 6.42. The van der Waals surface area contributed by atoms with Gasteiger partial charge in [0, 0.05) is 57.0 Å². The van der Waals surface area contributed by atoms with Crippen molar-refractivity contribution in [3.8, 4) is 0 Å². The number of carbonyl (C=O) groups excluding carboxylic acids is 3. The SMILES string of the molecule is CCN1C[C@@H](CN(C)C(=O)C(=O)c2cccnc2)CC1=O. The van der Waals surface area contributed by atoms with Crippen LogP contribution in [0.4, 0.5) is 0 Å². The Bertz CT molecular complexity index is 544. The van der Waals surface area contributed by atoms with Gasteiger partial charge in [-0.1, -0.05) is 0 Å². The van der Waals surface area contributed by atoms with Crippen LogP contribution in [0.1, 0.15) is 23.7 Å². The largest absolute Gasteiger partial charge is 0.343 e. The maximum Gasteiger partial charge on any atom is 0.294 e. The molecule has 2 amide bonds. The van der Waals surface area contributed by atoms with Gasteiger partial charge in [-0.2, -0.15) is 0 Å². The average Bonchev–Trinajstić information content (AvgIpc) is 2.86. The number of likely N-dealkylation sites (N-methyl/N-ethyl adjacent to an activating group) is 1. The van der Waals surface area contributed by atoms with Crippen LogP contribution in [0.5, 0.6) is 0 Å². The van der Waals surface area contributed by atoms with E-state index in [1.165, 1.54) is 11.1 Å². The molecule has 0 bridgehead atoms. The molecule has 0 spiro atoms. The van der Waals surface area contributed by atoms with E-state index in [1.807, 2.05) is 6.92 Å². The Balaban J connectivity index is 1.95. The number of carbonyl (C=O) groups is 3. The first kappa shape index (κ1) is 15.2. The highest BCUT2D eigenvalue weighted by Crippen LogP contribution is 2.18. The van der Waals surface area contributed by atoms with Crippen molar-refractivity contribution in [1.29, 1.82) is 0 Å². The standard InChI is InChI=1S/C15H19N3O3/c1-3-18-10-11(7-13(18)19)9-17(2)15(21)14(20)12-5-4-6-16-8-12/h4-6,8,11H,3,7,9-10H2,1-2H3/t11-/m1/s1. The number of amides is 2. The van der Waals surface area contributed by atoms with E-state index in [-0.39, 0.29) is 17.4 Å². The van der Waals surface area contributed by atoms with Crippen LogP contribution in [-0.2, 0) is 9.59 Å². The second-order valence-corrected chi connectivity index (χ2v) is 5.26. The molecule has 0 unspecified atom stereocenters. The van der Waals surface area contributed by atoms with Gasteiger partial charge >= 0.3 is 0 Å². The molecular formula is C15H19N3O3. The summed E-state index contributed by atoms with van der Waals surface area (Å²) in [6.45, 7) is 3.67. The van der Waals surface area contributed by atoms with Crippen molar-refractivity contribution < 1.29 is 14.4 Å². The maximum absolute atomic E-state index is 12.1. The lowest BCUT2D eigenvalue weighted by molar-refractivity contribution is -0.128. The van der Waals surface area contributed by atoms with Crippen LogP contribution in [0.3, 0.4) is 0 Å². The van der Waals surface area contributed by atoms with Gasteiger partial charge < -0.3 is 9.80 Å². The first-order valence-electron chi connectivity index (χ1n) is 7.00. The van der Waals surface area contributed by atoms with Gasteiger partial charge in [0.25, 0.3) is 11.7 Å². The molecule has 21 heavy (non-hydrogen) atoms. The van der Waals surface area contributed by atoms with Crippen molar-refractivity contribution >= 4 is 17.6 Å². The summed E-state index contributed by atoms with van der Waals surface area (Å²) < 4.78 is 0. The Morgan fingerprint density at radius 1 is 1.48 bits per heavy atom. The van der Waals surface area contributed by atoms with Crippen LogP contribution in [-0.4, -0.2) is 59.1 Å². The molecule has 0 N–H and O–H groups in total. The van der Waals surface area contributed by atoms with Crippen molar-refractivity contribution in [3.05, 3.63) is 30.1 Å². The summed E-state index contributed by atoms with van der Waals surface area (Å²) in [5.74, 6) is -0.928. The van der Waals surface area contributed by atoms with E-state index in [2.05, 4.69) is 4.98 Å². The predicted molar refractivity (Wildman–Crippen MR) is 76.6 cm³/mol. The Hall–Kier alpha value is -2.24. The van der Waals surface area contributed by atoms with Crippen LogP contribution in [0.25, 0.3) is 0 Å². The quantitative estimate of drug-likeness (QED) is 0.587. The molecule has 2 rings (SSSR count). The van der Waals surface area contributed by atoms with E-state index in [1.54, 1.807) is 30.3 Å². The minimum Gasteiger partial charge on any atom is -0.343 e. The molecule has 1 aromatic heterocycles. The molecule has 1 fully saturated rings. The summed E-state index contributed by atoms with van der Waals surface area (Å²) in [5, 5.41) is 0. The van der Waals surface area contributed by atoms with Crippen LogP contribution in [0, 0.1) is 5.92 Å². The Morgan fingerprint density at radius 2 is 2.24 bits per heavy atom. The van der Waals surface area contributed by atoms with Crippen molar-refractivity contribution in [1.82, 2.24) is 14.8 Å². The molecule has 0 aliphatic carbocycles. The van der Waals surface area contributed by atoms with Crippen LogP contribution >= 0.6 is 0 Å². The number of nitrogens with zero attached hydrogens (tertiary/aromatic N) is 3. The van der Waals surface area contributed by atoms with Gasteiger partial charge in [-0.3, -0.25) is 19.4 Å². The molecule has 0 saturated carbocycles. The first-order valence-corrected chi connectivity index (χ1v) is 7.00. The lowest BCUT2D eigenvalue weighted by Crippen LogP contribution is -2.37. The van der Waals surface area contributed by atoms with E-state index in [4.69, 9.17) is 0 Å². The van der Waals surface area contributed by atoms with Crippen molar-refractivity contribution in [3.63, 3.8) is 0 Å². The summed E-state index contributed by atoms with van der Waals surface area (Å²) in [6.07, 6.45) is 3.37. The molecule has 2 heterocycles. The van der Waals surface area contributed by atoms with E-state index in [0.29, 0.717) is 26.1 Å². The summed E-state index contributed by atoms with van der Waals surface area (Å²) in [7, 11) is 1.59. The number of likely N-dealkylation sites (tertiary alicyclic amines) is 1. The molecule has 1 saturated heterocycles.